The first-order valence-corrected chi connectivity index (χ1v) is 10.4. The first-order chi connectivity index (χ1) is 14.5. The number of nitrogens with zero attached hydrogens (tertiary/aromatic N) is 2. The third-order valence-corrected chi connectivity index (χ3v) is 5.00. The zero-order valence-corrected chi connectivity index (χ0v) is 17.7. The van der Waals surface area contributed by atoms with Gasteiger partial charge in [-0.15, -0.1) is 0 Å². The molecule has 30 heavy (non-hydrogen) atoms. The van der Waals surface area contributed by atoms with E-state index in [0.29, 0.717) is 18.7 Å². The molecule has 2 N–H and O–H groups in total. The van der Waals surface area contributed by atoms with Gasteiger partial charge in [0, 0.05) is 39.1 Å². The van der Waals surface area contributed by atoms with Crippen LogP contribution in [-0.2, 0) is 9.53 Å². The van der Waals surface area contributed by atoms with E-state index in [2.05, 4.69) is 25.1 Å². The van der Waals surface area contributed by atoms with Gasteiger partial charge in [-0.05, 0) is 31.4 Å². The van der Waals surface area contributed by atoms with Crippen LogP contribution in [0.3, 0.4) is 0 Å². The molecule has 9 heteroatoms. The number of carbonyl (C=O) groups is 1. The van der Waals surface area contributed by atoms with Crippen LogP contribution in [0, 0.1) is 0 Å². The molecule has 1 heterocycles. The van der Waals surface area contributed by atoms with Gasteiger partial charge in [-0.3, -0.25) is 9.79 Å². The van der Waals surface area contributed by atoms with E-state index < -0.39 is 6.61 Å². The lowest BCUT2D eigenvalue weighted by Crippen LogP contribution is -2.44. The molecule has 1 aromatic rings. The van der Waals surface area contributed by atoms with Crippen molar-refractivity contribution >= 4 is 17.6 Å². The second-order valence-corrected chi connectivity index (χ2v) is 7.16. The third-order valence-electron chi connectivity index (χ3n) is 5.00. The number of guanidine groups is 1. The van der Waals surface area contributed by atoms with Crippen molar-refractivity contribution in [2.45, 2.75) is 51.2 Å². The maximum absolute atomic E-state index is 12.7. The molecule has 1 aromatic carbocycles. The van der Waals surface area contributed by atoms with Gasteiger partial charge >= 0.3 is 12.6 Å². The van der Waals surface area contributed by atoms with Crippen LogP contribution in [0.15, 0.2) is 29.3 Å². The van der Waals surface area contributed by atoms with Gasteiger partial charge in [-0.25, -0.2) is 0 Å². The molecule has 168 valence electrons. The number of benzene rings is 1. The third kappa shape index (κ3) is 8.04. The molecule has 7 nitrogen and oxygen atoms in total. The van der Waals surface area contributed by atoms with Crippen molar-refractivity contribution in [1.82, 2.24) is 10.6 Å². The molecule has 1 saturated heterocycles. The lowest BCUT2D eigenvalue weighted by molar-refractivity contribution is -0.140. The van der Waals surface area contributed by atoms with Crippen LogP contribution >= 0.6 is 0 Å². The smallest absolute Gasteiger partial charge is 0.387 e. The predicted molar refractivity (Wildman–Crippen MR) is 113 cm³/mol. The maximum atomic E-state index is 12.7. The summed E-state index contributed by atoms with van der Waals surface area (Å²) in [5, 5.41) is 6.70. The summed E-state index contributed by atoms with van der Waals surface area (Å²) < 4.78 is 34.6. The normalized spacial score (nSPS) is 16.6. The Morgan fingerprint density at radius 2 is 2.03 bits per heavy atom. The van der Waals surface area contributed by atoms with Crippen molar-refractivity contribution in [3.8, 4) is 5.75 Å². The molecule has 1 atom stereocenters. The summed E-state index contributed by atoms with van der Waals surface area (Å²) in [5.41, 5.74) is 0.678. The molecular weight excluding hydrogens is 394 g/mol. The molecular formula is C21H32F2N4O3. The Labute approximate surface area is 176 Å². The van der Waals surface area contributed by atoms with Crippen LogP contribution < -0.4 is 20.3 Å². The number of halogens is 2. The minimum absolute atomic E-state index is 0.160. The molecule has 0 bridgehead atoms. The van der Waals surface area contributed by atoms with Gasteiger partial charge in [-0.1, -0.05) is 25.0 Å². The minimum atomic E-state index is -2.84. The van der Waals surface area contributed by atoms with Crippen molar-refractivity contribution in [3.05, 3.63) is 24.3 Å². The number of rotatable bonds is 11. The van der Waals surface area contributed by atoms with Crippen LogP contribution in [0.25, 0.3) is 0 Å². The van der Waals surface area contributed by atoms with E-state index >= 15 is 0 Å². The predicted octanol–water partition coefficient (Wildman–Crippen LogP) is 3.16. The highest BCUT2D eigenvalue weighted by molar-refractivity contribution is 5.80. The lowest BCUT2D eigenvalue weighted by atomic mass is 10.1. The van der Waals surface area contributed by atoms with E-state index in [-0.39, 0.29) is 17.8 Å². The van der Waals surface area contributed by atoms with Gasteiger partial charge < -0.3 is 25.0 Å². The molecule has 1 aliphatic heterocycles. The van der Waals surface area contributed by atoms with Crippen molar-refractivity contribution in [2.24, 2.45) is 4.99 Å². The number of carbonyl (C=O) groups excluding carboxylic acids is 1. The fraction of sp³-hybridized carbons (Fsp3) is 0.619. The van der Waals surface area contributed by atoms with Crippen molar-refractivity contribution in [3.63, 3.8) is 0 Å². The maximum Gasteiger partial charge on any atom is 0.387 e. The average molecular weight is 427 g/mol. The van der Waals surface area contributed by atoms with E-state index in [1.807, 2.05) is 11.0 Å². The van der Waals surface area contributed by atoms with Gasteiger partial charge in [0.2, 0.25) is 0 Å². The molecule has 1 aliphatic rings. The highest BCUT2D eigenvalue weighted by Gasteiger charge is 2.25. The number of hydrogen-bond acceptors (Lipinski definition) is 5. The Kier molecular flexibility index (Phi) is 10.2. The molecule has 0 aliphatic carbocycles. The van der Waals surface area contributed by atoms with Crippen LogP contribution in [0.2, 0.25) is 0 Å². The van der Waals surface area contributed by atoms with E-state index in [0.717, 1.165) is 51.2 Å². The highest BCUT2D eigenvalue weighted by Crippen LogP contribution is 2.31. The summed E-state index contributed by atoms with van der Waals surface area (Å²) in [6, 6.07) is 7.03. The standard InChI is InChI=1S/C21H32F2N4O3/c1-24-21(25-13-8-4-3-5-11-19(28)29-2)26-16-12-14-27(15-16)17-9-6-7-10-18(17)30-20(22)23/h6-7,9-10,16,20H,3-5,8,11-15H2,1-2H3,(H2,24,25,26). The molecule has 0 amide bonds. The molecule has 2 rings (SSSR count). The number of methoxy groups -OCH3 is 1. The summed E-state index contributed by atoms with van der Waals surface area (Å²) in [5.74, 6) is 0.767. The number of esters is 1. The van der Waals surface area contributed by atoms with Gasteiger partial charge in [0.1, 0.15) is 5.75 Å². The number of alkyl halides is 2. The topological polar surface area (TPSA) is 75.2 Å². The van der Waals surface area contributed by atoms with Crippen molar-refractivity contribution in [2.75, 3.05) is 38.7 Å². The molecule has 0 spiro atoms. The molecule has 0 saturated carbocycles. The SMILES string of the molecule is CN=C(NCCCCCCC(=O)OC)NC1CCN(c2ccccc2OC(F)F)C1. The van der Waals surface area contributed by atoms with Crippen LogP contribution in [0.4, 0.5) is 14.5 Å². The zero-order valence-electron chi connectivity index (χ0n) is 17.7. The summed E-state index contributed by atoms with van der Waals surface area (Å²) in [7, 11) is 3.13. The monoisotopic (exact) mass is 426 g/mol. The van der Waals surface area contributed by atoms with E-state index in [1.165, 1.54) is 7.11 Å². The van der Waals surface area contributed by atoms with Crippen LogP contribution in [0.1, 0.15) is 38.5 Å². The molecule has 0 aromatic heterocycles. The minimum Gasteiger partial charge on any atom is -0.469 e. The molecule has 0 radical (unpaired) electrons. The van der Waals surface area contributed by atoms with Gasteiger partial charge in [0.05, 0.1) is 12.8 Å². The quantitative estimate of drug-likeness (QED) is 0.245. The van der Waals surface area contributed by atoms with E-state index in [1.54, 1.807) is 25.2 Å². The van der Waals surface area contributed by atoms with Gasteiger partial charge in [0.25, 0.3) is 0 Å². The van der Waals surface area contributed by atoms with Crippen LogP contribution in [-0.4, -0.2) is 58.4 Å². The molecule has 1 fully saturated rings. The number of para-hydroxylation sites is 2. The van der Waals surface area contributed by atoms with Crippen molar-refractivity contribution in [1.29, 1.82) is 0 Å². The second-order valence-electron chi connectivity index (χ2n) is 7.16. The lowest BCUT2D eigenvalue weighted by Gasteiger charge is -2.22. The van der Waals surface area contributed by atoms with Gasteiger partial charge in [-0.2, -0.15) is 8.78 Å². The zero-order chi connectivity index (χ0) is 21.8. The Bertz CT molecular complexity index is 688. The fourth-order valence-electron chi connectivity index (χ4n) is 3.46. The second kappa shape index (κ2) is 12.9. The van der Waals surface area contributed by atoms with Crippen LogP contribution in [0.5, 0.6) is 5.75 Å². The first-order valence-electron chi connectivity index (χ1n) is 10.4. The largest absolute Gasteiger partial charge is 0.469 e. The Balaban J connectivity index is 1.71. The Hall–Kier alpha value is -2.58. The summed E-state index contributed by atoms with van der Waals surface area (Å²) >= 11 is 0. The number of ether oxygens (including phenoxy) is 2. The van der Waals surface area contributed by atoms with E-state index in [4.69, 9.17) is 0 Å². The Morgan fingerprint density at radius 3 is 2.77 bits per heavy atom. The highest BCUT2D eigenvalue weighted by atomic mass is 19.3. The number of nitrogens with one attached hydrogen (secondary N) is 2. The van der Waals surface area contributed by atoms with Crippen molar-refractivity contribution < 1.29 is 23.0 Å². The fourth-order valence-corrected chi connectivity index (χ4v) is 3.46. The average Bonchev–Trinajstić information content (AvgIpc) is 3.20. The number of aliphatic imine (C=N–C) groups is 1. The summed E-state index contributed by atoms with van der Waals surface area (Å²) in [6.07, 6.45) is 5.18. The van der Waals surface area contributed by atoms with Gasteiger partial charge in [0.15, 0.2) is 5.96 Å². The number of hydrogen-bond donors (Lipinski definition) is 2. The number of anilines is 1. The Morgan fingerprint density at radius 1 is 1.27 bits per heavy atom. The van der Waals surface area contributed by atoms with E-state index in [9.17, 15) is 13.6 Å². The summed E-state index contributed by atoms with van der Waals surface area (Å²) in [4.78, 5) is 17.4. The first kappa shape index (κ1) is 23.7. The summed E-state index contributed by atoms with van der Waals surface area (Å²) in [6.45, 7) is -0.624. The molecule has 1 unspecified atom stereocenters. The number of unbranched alkanes of at least 4 members (excludes halogenated alkanes) is 3.